The second-order valence-corrected chi connectivity index (χ2v) is 2.99. The van der Waals surface area contributed by atoms with Crippen LogP contribution in [0.3, 0.4) is 0 Å². The van der Waals surface area contributed by atoms with E-state index in [1.54, 1.807) is 6.21 Å². The molecule has 3 rings (SSSR count). The van der Waals surface area contributed by atoms with Gasteiger partial charge in [0.05, 0.1) is 6.21 Å². The van der Waals surface area contributed by atoms with Crippen molar-refractivity contribution in [3.05, 3.63) is 35.9 Å². The molecule has 0 saturated carbocycles. The second-order valence-electron chi connectivity index (χ2n) is 2.99. The second kappa shape index (κ2) is 2.70. The van der Waals surface area contributed by atoms with E-state index in [9.17, 15) is 0 Å². The molecule has 0 unspecified atom stereocenters. The third-order valence-electron chi connectivity index (χ3n) is 2.11. The molecule has 14 heavy (non-hydrogen) atoms. The van der Waals surface area contributed by atoms with Crippen molar-refractivity contribution in [2.45, 2.75) is 0 Å². The van der Waals surface area contributed by atoms with Gasteiger partial charge in [-0.3, -0.25) is 0 Å². The van der Waals surface area contributed by atoms with Gasteiger partial charge >= 0.3 is 0 Å². The Morgan fingerprint density at radius 3 is 2.50 bits per heavy atom. The van der Waals surface area contributed by atoms with Gasteiger partial charge < -0.3 is 0 Å². The van der Waals surface area contributed by atoms with Crippen LogP contribution in [0, 0.1) is 0 Å². The Morgan fingerprint density at radius 2 is 1.64 bits per heavy atom. The molecule has 2 heterocycles. The number of nitrogens with zero attached hydrogens (tertiary/aromatic N) is 4. The third kappa shape index (κ3) is 0.939. The molecule has 0 aromatic heterocycles. The van der Waals surface area contributed by atoms with E-state index in [2.05, 4.69) is 20.4 Å². The van der Waals surface area contributed by atoms with Crippen LogP contribution >= 0.6 is 0 Å². The smallest absolute Gasteiger partial charge is 0.143 e. The Bertz CT molecular complexity index is 494. The van der Waals surface area contributed by atoms with E-state index in [1.165, 1.54) is 0 Å². The summed E-state index contributed by atoms with van der Waals surface area (Å²) in [6, 6.07) is 9.86. The van der Waals surface area contributed by atoms with Gasteiger partial charge in [0.25, 0.3) is 0 Å². The summed E-state index contributed by atoms with van der Waals surface area (Å²) in [5, 5.41) is 15.8. The summed E-state index contributed by atoms with van der Waals surface area (Å²) in [6.07, 6.45) is 1.62. The first kappa shape index (κ1) is 7.32. The van der Waals surface area contributed by atoms with Crippen LogP contribution in [0.25, 0.3) is 0 Å². The molecule has 0 radical (unpaired) electrons. The van der Waals surface area contributed by atoms with Crippen LogP contribution in [0.5, 0.6) is 0 Å². The van der Waals surface area contributed by atoms with Gasteiger partial charge in [-0.15, -0.1) is 15.3 Å². The molecule has 0 spiro atoms. The lowest BCUT2D eigenvalue weighted by atomic mass is 10.0. The number of rotatable bonds is 1. The fourth-order valence-electron chi connectivity index (χ4n) is 1.44. The highest BCUT2D eigenvalue weighted by atomic mass is 15.3. The first-order valence-corrected chi connectivity index (χ1v) is 4.28. The molecule has 0 bridgehead atoms. The molecule has 0 N–H and O–H groups in total. The lowest BCUT2D eigenvalue weighted by molar-refractivity contribution is 1.26. The van der Waals surface area contributed by atoms with Crippen LogP contribution in [0.2, 0.25) is 0 Å². The van der Waals surface area contributed by atoms with Crippen LogP contribution < -0.4 is 0 Å². The molecule has 0 fully saturated rings. The molecule has 0 aliphatic carbocycles. The Labute approximate surface area is 80.4 Å². The normalized spacial score (nSPS) is 17.6. The van der Waals surface area contributed by atoms with Crippen LogP contribution in [-0.2, 0) is 0 Å². The third-order valence-corrected chi connectivity index (χ3v) is 2.11. The minimum absolute atomic E-state index is 0.754. The Hall–Kier alpha value is -2.10. The van der Waals surface area contributed by atoms with E-state index < -0.39 is 0 Å². The molecule has 4 nitrogen and oxygen atoms in total. The van der Waals surface area contributed by atoms with Crippen molar-refractivity contribution in [3.8, 4) is 0 Å². The van der Waals surface area contributed by atoms with Gasteiger partial charge in [0.2, 0.25) is 0 Å². The SMILES string of the molecule is C1=NN=C2C1=NN=C2c1ccccc1. The number of hydrogen-bond acceptors (Lipinski definition) is 4. The maximum absolute atomic E-state index is 4.07. The van der Waals surface area contributed by atoms with Gasteiger partial charge in [0, 0.05) is 5.56 Å². The fraction of sp³-hybridized carbons (Fsp3) is 0. The molecule has 2 aliphatic rings. The van der Waals surface area contributed by atoms with E-state index in [-0.39, 0.29) is 0 Å². The highest BCUT2D eigenvalue weighted by Crippen LogP contribution is 2.12. The van der Waals surface area contributed by atoms with Crippen molar-refractivity contribution in [1.29, 1.82) is 0 Å². The molecular weight excluding hydrogens is 176 g/mol. The zero-order valence-corrected chi connectivity index (χ0v) is 7.25. The number of benzene rings is 1. The first-order valence-electron chi connectivity index (χ1n) is 4.28. The lowest BCUT2D eigenvalue weighted by Gasteiger charge is -1.97. The van der Waals surface area contributed by atoms with Crippen molar-refractivity contribution in [3.63, 3.8) is 0 Å². The van der Waals surface area contributed by atoms with E-state index in [1.807, 2.05) is 30.3 Å². The molecule has 0 amide bonds. The average molecular weight is 182 g/mol. The predicted molar refractivity (Wildman–Crippen MR) is 56.3 cm³/mol. The Kier molecular flexibility index (Phi) is 1.41. The first-order chi connectivity index (χ1) is 6.95. The van der Waals surface area contributed by atoms with Gasteiger partial charge in [0.15, 0.2) is 0 Å². The molecule has 0 saturated heterocycles. The highest BCUT2D eigenvalue weighted by molar-refractivity contribution is 6.83. The quantitative estimate of drug-likeness (QED) is 0.628. The van der Waals surface area contributed by atoms with Crippen LogP contribution in [0.1, 0.15) is 5.56 Å². The molecular formula is C10H6N4. The summed E-state index contributed by atoms with van der Waals surface area (Å²) >= 11 is 0. The maximum Gasteiger partial charge on any atom is 0.143 e. The molecule has 1 aromatic carbocycles. The van der Waals surface area contributed by atoms with Crippen LogP contribution in [0.15, 0.2) is 50.7 Å². The lowest BCUT2D eigenvalue weighted by Crippen LogP contribution is -2.18. The number of hydrogen-bond donors (Lipinski definition) is 0. The highest BCUT2D eigenvalue weighted by Gasteiger charge is 2.24. The maximum atomic E-state index is 4.07. The predicted octanol–water partition coefficient (Wildman–Crippen LogP) is 1.29. The van der Waals surface area contributed by atoms with Gasteiger partial charge in [-0.1, -0.05) is 30.3 Å². The minimum atomic E-state index is 0.754. The van der Waals surface area contributed by atoms with Gasteiger partial charge in [-0.2, -0.15) is 5.10 Å². The Balaban J connectivity index is 2.05. The largest absolute Gasteiger partial charge is 0.156 e. The van der Waals surface area contributed by atoms with Gasteiger partial charge in [0.1, 0.15) is 17.1 Å². The van der Waals surface area contributed by atoms with Crippen LogP contribution in [-0.4, -0.2) is 23.3 Å². The van der Waals surface area contributed by atoms with Crippen molar-refractivity contribution in [2.24, 2.45) is 20.4 Å². The average Bonchev–Trinajstić information content (AvgIpc) is 2.79. The van der Waals surface area contributed by atoms with Gasteiger partial charge in [-0.05, 0) is 0 Å². The summed E-state index contributed by atoms with van der Waals surface area (Å²) in [7, 11) is 0. The van der Waals surface area contributed by atoms with Crippen molar-refractivity contribution < 1.29 is 0 Å². The van der Waals surface area contributed by atoms with Crippen molar-refractivity contribution in [2.75, 3.05) is 0 Å². The molecule has 4 heteroatoms. The summed E-state index contributed by atoms with van der Waals surface area (Å²) in [4.78, 5) is 0. The monoisotopic (exact) mass is 182 g/mol. The molecule has 1 aromatic rings. The summed E-state index contributed by atoms with van der Waals surface area (Å²) in [5.74, 6) is 0. The molecule has 66 valence electrons. The van der Waals surface area contributed by atoms with Crippen molar-refractivity contribution in [1.82, 2.24) is 0 Å². The van der Waals surface area contributed by atoms with E-state index in [0.29, 0.717) is 0 Å². The fourth-order valence-corrected chi connectivity index (χ4v) is 1.44. The topological polar surface area (TPSA) is 49.4 Å². The number of fused-ring (bicyclic) bond motifs is 1. The van der Waals surface area contributed by atoms with Crippen molar-refractivity contribution >= 4 is 23.3 Å². The summed E-state index contributed by atoms with van der Waals surface area (Å²) in [5.41, 5.74) is 3.36. The van der Waals surface area contributed by atoms with E-state index >= 15 is 0 Å². The minimum Gasteiger partial charge on any atom is -0.156 e. The summed E-state index contributed by atoms with van der Waals surface area (Å²) in [6.45, 7) is 0. The standard InChI is InChI=1S/C10H6N4/c1-2-4-7(5-3-1)9-10-8(12-14-9)6-11-13-10/h1-6H. The Morgan fingerprint density at radius 1 is 0.786 bits per heavy atom. The van der Waals surface area contributed by atoms with Crippen LogP contribution in [0.4, 0.5) is 0 Å². The zero-order valence-electron chi connectivity index (χ0n) is 7.25. The zero-order chi connectivity index (χ0) is 9.38. The molecule has 0 atom stereocenters. The van der Waals surface area contributed by atoms with Gasteiger partial charge in [-0.25, -0.2) is 0 Å². The molecule has 2 aliphatic heterocycles. The van der Waals surface area contributed by atoms with E-state index in [0.717, 1.165) is 22.7 Å². The summed E-state index contributed by atoms with van der Waals surface area (Å²) < 4.78 is 0. The van der Waals surface area contributed by atoms with E-state index in [4.69, 9.17) is 0 Å².